The first kappa shape index (κ1) is 19.5. The molecule has 3 atom stereocenters. The van der Waals surface area contributed by atoms with Gasteiger partial charge in [0.05, 0.1) is 6.04 Å². The second-order valence-electron chi connectivity index (χ2n) is 9.21. The van der Waals surface area contributed by atoms with E-state index in [0.717, 1.165) is 16.5 Å². The summed E-state index contributed by atoms with van der Waals surface area (Å²) in [4.78, 5) is 15.9. The predicted octanol–water partition coefficient (Wildman–Crippen LogP) is 6.88. The van der Waals surface area contributed by atoms with Gasteiger partial charge in [0.2, 0.25) is 5.91 Å². The number of halogens is 2. The molecule has 29 heavy (non-hydrogen) atoms. The van der Waals surface area contributed by atoms with Crippen molar-refractivity contribution in [3.05, 3.63) is 69.7 Å². The Labute approximate surface area is 183 Å². The highest BCUT2D eigenvalue weighted by Crippen LogP contribution is 2.54. The van der Waals surface area contributed by atoms with Crippen LogP contribution >= 0.6 is 23.2 Å². The minimum Gasteiger partial charge on any atom is -0.331 e. The van der Waals surface area contributed by atoms with E-state index in [1.807, 2.05) is 24.3 Å². The number of carbonyl (C=O) groups excluding carboxylic acids is 1. The van der Waals surface area contributed by atoms with E-state index in [4.69, 9.17) is 23.2 Å². The highest BCUT2D eigenvalue weighted by atomic mass is 35.5. The summed E-state index contributed by atoms with van der Waals surface area (Å²) in [6.45, 7) is 2.10. The highest BCUT2D eigenvalue weighted by molar-refractivity contribution is 6.30. The van der Waals surface area contributed by atoms with Crippen molar-refractivity contribution >= 4 is 29.1 Å². The Bertz CT molecular complexity index is 891. The zero-order chi connectivity index (χ0) is 20.1. The lowest BCUT2D eigenvalue weighted by molar-refractivity contribution is -0.147. The Hall–Kier alpha value is -1.51. The molecule has 0 bridgehead atoms. The molecule has 4 heteroatoms. The minimum atomic E-state index is 0.0301. The van der Waals surface area contributed by atoms with E-state index in [1.165, 1.54) is 36.8 Å². The number of rotatable bonds is 5. The van der Waals surface area contributed by atoms with Crippen molar-refractivity contribution < 1.29 is 4.79 Å². The first-order valence-electron chi connectivity index (χ1n) is 10.9. The van der Waals surface area contributed by atoms with Crippen LogP contribution in [0.2, 0.25) is 10.0 Å². The van der Waals surface area contributed by atoms with Crippen LogP contribution in [0.5, 0.6) is 0 Å². The van der Waals surface area contributed by atoms with Gasteiger partial charge in [-0.05, 0) is 79.3 Å². The van der Waals surface area contributed by atoms with E-state index < -0.39 is 0 Å². The Kier molecular flexibility index (Phi) is 5.12. The van der Waals surface area contributed by atoms with Gasteiger partial charge in [-0.25, -0.2) is 0 Å². The second-order valence-corrected chi connectivity index (χ2v) is 10.1. The standard InChI is InChI=1S/C25H27Cl2NO/c1-15-13-22(19-3-2-4-21(27)14-19)24(18-9-11-20(26)12-10-18)28(25(15)29)23(16-5-6-16)17-7-8-17/h2-4,9-12,14-17,22-24H,5-8,13H2,1H3/t15-,22-,24-/m1/s1. The molecule has 2 aromatic carbocycles. The normalized spacial score (nSPS) is 27.5. The monoisotopic (exact) mass is 427 g/mol. The largest absolute Gasteiger partial charge is 0.331 e. The molecule has 2 saturated carbocycles. The van der Waals surface area contributed by atoms with Crippen LogP contribution in [0, 0.1) is 17.8 Å². The molecule has 1 heterocycles. The molecule has 1 amide bonds. The van der Waals surface area contributed by atoms with E-state index in [9.17, 15) is 4.79 Å². The van der Waals surface area contributed by atoms with E-state index in [2.05, 4.69) is 36.1 Å². The van der Waals surface area contributed by atoms with Crippen molar-refractivity contribution in [2.45, 2.75) is 57.0 Å². The number of carbonyl (C=O) groups is 1. The first-order valence-corrected chi connectivity index (χ1v) is 11.6. The number of likely N-dealkylation sites (tertiary alicyclic amines) is 1. The average Bonchev–Trinajstić information content (AvgIpc) is 3.61. The maximum atomic E-state index is 13.6. The second kappa shape index (κ2) is 7.63. The molecule has 0 radical (unpaired) electrons. The van der Waals surface area contributed by atoms with Gasteiger partial charge in [-0.2, -0.15) is 0 Å². The van der Waals surface area contributed by atoms with Crippen LogP contribution in [0.25, 0.3) is 0 Å². The van der Waals surface area contributed by atoms with E-state index >= 15 is 0 Å². The highest BCUT2D eigenvalue weighted by Gasteiger charge is 2.52. The summed E-state index contributed by atoms with van der Waals surface area (Å²) in [6, 6.07) is 16.8. The summed E-state index contributed by atoms with van der Waals surface area (Å²) >= 11 is 12.6. The van der Waals surface area contributed by atoms with Crippen molar-refractivity contribution in [3.8, 4) is 0 Å². The quantitative estimate of drug-likeness (QED) is 0.509. The maximum Gasteiger partial charge on any atom is 0.226 e. The third-order valence-corrected chi connectivity index (χ3v) is 7.47. The molecule has 0 spiro atoms. The van der Waals surface area contributed by atoms with Crippen molar-refractivity contribution in [2.75, 3.05) is 0 Å². The molecule has 2 aliphatic carbocycles. The van der Waals surface area contributed by atoms with Crippen LogP contribution in [-0.4, -0.2) is 16.8 Å². The molecule has 0 N–H and O–H groups in total. The van der Waals surface area contributed by atoms with Crippen LogP contribution in [0.3, 0.4) is 0 Å². The SMILES string of the molecule is C[C@@H]1C[C@H](c2cccc(Cl)c2)[C@@H](c2ccc(Cl)cc2)N(C(C2CC2)C2CC2)C1=O. The first-order chi connectivity index (χ1) is 14.0. The van der Waals surface area contributed by atoms with Gasteiger partial charge in [0.15, 0.2) is 0 Å². The fourth-order valence-corrected chi connectivity index (χ4v) is 5.68. The van der Waals surface area contributed by atoms with Crippen LogP contribution < -0.4 is 0 Å². The predicted molar refractivity (Wildman–Crippen MR) is 118 cm³/mol. The zero-order valence-corrected chi connectivity index (χ0v) is 18.2. The molecular formula is C25H27Cl2NO. The summed E-state index contributed by atoms with van der Waals surface area (Å²) in [5, 5.41) is 1.49. The lowest BCUT2D eigenvalue weighted by atomic mass is 9.75. The maximum absolute atomic E-state index is 13.6. The molecule has 1 aliphatic heterocycles. The molecular weight excluding hydrogens is 401 g/mol. The van der Waals surface area contributed by atoms with Gasteiger partial charge in [-0.15, -0.1) is 0 Å². The lowest BCUT2D eigenvalue weighted by Crippen LogP contribution is -2.52. The van der Waals surface area contributed by atoms with Gasteiger partial charge in [0, 0.05) is 27.9 Å². The summed E-state index contributed by atoms with van der Waals surface area (Å²) < 4.78 is 0. The van der Waals surface area contributed by atoms with Gasteiger partial charge in [-0.3, -0.25) is 4.79 Å². The van der Waals surface area contributed by atoms with Crippen molar-refractivity contribution in [1.82, 2.24) is 4.90 Å². The Morgan fingerprint density at radius 1 is 0.897 bits per heavy atom. The fourth-order valence-electron chi connectivity index (χ4n) is 5.35. The van der Waals surface area contributed by atoms with Crippen LogP contribution in [0.4, 0.5) is 0 Å². The summed E-state index contributed by atoms with van der Waals surface area (Å²) in [5.41, 5.74) is 2.41. The number of benzene rings is 2. The van der Waals surface area contributed by atoms with Crippen molar-refractivity contribution in [2.24, 2.45) is 17.8 Å². The van der Waals surface area contributed by atoms with E-state index in [-0.39, 0.29) is 17.9 Å². The molecule has 3 fully saturated rings. The molecule has 0 unspecified atom stereocenters. The third kappa shape index (κ3) is 3.82. The Morgan fingerprint density at radius 3 is 2.14 bits per heavy atom. The number of nitrogens with zero attached hydrogens (tertiary/aromatic N) is 1. The molecule has 2 aromatic rings. The van der Waals surface area contributed by atoms with Gasteiger partial charge in [0.25, 0.3) is 0 Å². The van der Waals surface area contributed by atoms with Crippen LogP contribution in [-0.2, 0) is 4.79 Å². The molecule has 0 aromatic heterocycles. The van der Waals surface area contributed by atoms with Crippen LogP contribution in [0.1, 0.15) is 62.1 Å². The average molecular weight is 428 g/mol. The molecule has 2 nitrogen and oxygen atoms in total. The fraction of sp³-hybridized carbons (Fsp3) is 0.480. The number of hydrogen-bond acceptors (Lipinski definition) is 1. The van der Waals surface area contributed by atoms with Crippen molar-refractivity contribution in [3.63, 3.8) is 0 Å². The molecule has 3 aliphatic rings. The summed E-state index contributed by atoms with van der Waals surface area (Å²) in [6.07, 6.45) is 5.89. The lowest BCUT2D eigenvalue weighted by Gasteiger charge is -2.48. The zero-order valence-electron chi connectivity index (χ0n) is 16.7. The van der Waals surface area contributed by atoms with Gasteiger partial charge in [-0.1, -0.05) is 54.4 Å². The summed E-state index contributed by atoms with van der Waals surface area (Å²) in [5.74, 6) is 1.94. The topological polar surface area (TPSA) is 20.3 Å². The third-order valence-electron chi connectivity index (χ3n) is 6.98. The number of hydrogen-bond donors (Lipinski definition) is 0. The summed E-state index contributed by atoms with van der Waals surface area (Å²) in [7, 11) is 0. The Morgan fingerprint density at radius 2 is 1.55 bits per heavy atom. The van der Waals surface area contributed by atoms with E-state index in [1.54, 1.807) is 0 Å². The molecule has 1 saturated heterocycles. The number of amides is 1. The minimum absolute atomic E-state index is 0.0301. The van der Waals surface area contributed by atoms with Crippen molar-refractivity contribution in [1.29, 1.82) is 0 Å². The molecule has 5 rings (SSSR count). The number of piperidine rings is 1. The van der Waals surface area contributed by atoms with Gasteiger partial charge < -0.3 is 4.90 Å². The Balaban J connectivity index is 1.63. The van der Waals surface area contributed by atoms with Crippen LogP contribution in [0.15, 0.2) is 48.5 Å². The van der Waals surface area contributed by atoms with Gasteiger partial charge in [0.1, 0.15) is 0 Å². The molecule has 152 valence electrons. The van der Waals surface area contributed by atoms with Gasteiger partial charge >= 0.3 is 0 Å². The smallest absolute Gasteiger partial charge is 0.226 e. The van der Waals surface area contributed by atoms with E-state index in [0.29, 0.717) is 23.8 Å².